The van der Waals surface area contributed by atoms with Gasteiger partial charge in [0, 0.05) is 25.5 Å². The van der Waals surface area contributed by atoms with E-state index in [1.807, 2.05) is 68.4 Å². The molecule has 0 saturated heterocycles. The fraction of sp³-hybridized carbons (Fsp3) is 0.238. The first-order valence-electron chi connectivity index (χ1n) is 8.60. The predicted molar refractivity (Wildman–Crippen MR) is 100 cm³/mol. The molecule has 1 N–H and O–H groups in total. The van der Waals surface area contributed by atoms with Gasteiger partial charge in [-0.15, -0.1) is 0 Å². The number of rotatable bonds is 7. The number of nitrogens with zero attached hydrogens (tertiary/aromatic N) is 1. The molecule has 0 fully saturated rings. The molecule has 5 heteroatoms. The average molecular weight is 350 g/mol. The van der Waals surface area contributed by atoms with Crippen LogP contribution in [0, 0.1) is 13.8 Å². The molecule has 1 heterocycles. The van der Waals surface area contributed by atoms with Crippen LogP contribution in [0.2, 0.25) is 0 Å². The van der Waals surface area contributed by atoms with Crippen LogP contribution in [-0.4, -0.2) is 24.0 Å². The van der Waals surface area contributed by atoms with Crippen molar-refractivity contribution in [2.75, 3.05) is 13.2 Å². The lowest BCUT2D eigenvalue weighted by molar-refractivity contribution is -0.123. The molecule has 3 aromatic rings. The maximum atomic E-state index is 12.0. The second-order valence-electron chi connectivity index (χ2n) is 6.07. The molecule has 0 aliphatic heterocycles. The number of ether oxygens (including phenoxy) is 1. The summed E-state index contributed by atoms with van der Waals surface area (Å²) in [4.78, 5) is 16.4. The van der Waals surface area contributed by atoms with Gasteiger partial charge in [-0.2, -0.15) is 0 Å². The molecular weight excluding hydrogens is 328 g/mol. The third kappa shape index (κ3) is 4.72. The lowest BCUT2D eigenvalue weighted by atomic mass is 10.1. The van der Waals surface area contributed by atoms with E-state index in [1.54, 1.807) is 0 Å². The first kappa shape index (κ1) is 17.7. The third-order valence-corrected chi connectivity index (χ3v) is 3.92. The Morgan fingerprint density at radius 2 is 1.81 bits per heavy atom. The molecule has 26 heavy (non-hydrogen) atoms. The Balaban J connectivity index is 1.50. The number of carbonyl (C=O) groups excluding carboxylic acids is 1. The van der Waals surface area contributed by atoms with Gasteiger partial charge in [-0.3, -0.25) is 4.79 Å². The number of amides is 1. The van der Waals surface area contributed by atoms with Crippen molar-refractivity contribution < 1.29 is 13.9 Å². The minimum atomic E-state index is -0.164. The monoisotopic (exact) mass is 350 g/mol. The normalized spacial score (nSPS) is 10.5. The molecule has 0 saturated carbocycles. The molecule has 0 atom stereocenters. The van der Waals surface area contributed by atoms with Crippen molar-refractivity contribution in [1.29, 1.82) is 0 Å². The van der Waals surface area contributed by atoms with Gasteiger partial charge in [-0.05, 0) is 19.1 Å². The Labute approximate surface area is 153 Å². The number of carbonyl (C=O) groups is 1. The van der Waals surface area contributed by atoms with Gasteiger partial charge in [0.2, 0.25) is 0 Å². The van der Waals surface area contributed by atoms with Crippen LogP contribution in [0.3, 0.4) is 0 Å². The first-order chi connectivity index (χ1) is 12.6. The van der Waals surface area contributed by atoms with E-state index in [0.717, 1.165) is 22.6 Å². The summed E-state index contributed by atoms with van der Waals surface area (Å²) in [5.41, 5.74) is 2.99. The highest BCUT2D eigenvalue weighted by atomic mass is 16.5. The van der Waals surface area contributed by atoms with E-state index in [1.165, 1.54) is 0 Å². The van der Waals surface area contributed by atoms with Gasteiger partial charge in [-0.25, -0.2) is 4.98 Å². The smallest absolute Gasteiger partial charge is 0.257 e. The fourth-order valence-corrected chi connectivity index (χ4v) is 2.61. The maximum absolute atomic E-state index is 12.0. The van der Waals surface area contributed by atoms with Gasteiger partial charge in [0.1, 0.15) is 17.2 Å². The van der Waals surface area contributed by atoms with E-state index in [2.05, 4.69) is 10.3 Å². The zero-order valence-corrected chi connectivity index (χ0v) is 15.0. The number of hydrogen-bond acceptors (Lipinski definition) is 4. The summed E-state index contributed by atoms with van der Waals surface area (Å²) in [6.07, 6.45) is 0.571. The van der Waals surface area contributed by atoms with Crippen molar-refractivity contribution in [3.63, 3.8) is 0 Å². The zero-order chi connectivity index (χ0) is 18.4. The lowest BCUT2D eigenvalue weighted by Crippen LogP contribution is -2.30. The van der Waals surface area contributed by atoms with E-state index < -0.39 is 0 Å². The van der Waals surface area contributed by atoms with Crippen molar-refractivity contribution in [1.82, 2.24) is 10.3 Å². The van der Waals surface area contributed by atoms with Gasteiger partial charge < -0.3 is 14.5 Å². The topological polar surface area (TPSA) is 64.4 Å². The largest absolute Gasteiger partial charge is 0.484 e. The number of nitrogens with one attached hydrogen (secondary N) is 1. The van der Waals surface area contributed by atoms with Crippen molar-refractivity contribution in [3.05, 3.63) is 71.8 Å². The predicted octanol–water partition coefficient (Wildman–Crippen LogP) is 3.70. The Kier molecular flexibility index (Phi) is 5.69. The van der Waals surface area contributed by atoms with Crippen molar-refractivity contribution >= 4 is 5.91 Å². The molecule has 0 aliphatic rings. The van der Waals surface area contributed by atoms with Gasteiger partial charge in [0.15, 0.2) is 12.5 Å². The van der Waals surface area contributed by atoms with Gasteiger partial charge in [0.25, 0.3) is 5.91 Å². The Bertz CT molecular complexity index is 855. The molecule has 0 aliphatic carbocycles. The second kappa shape index (κ2) is 8.34. The second-order valence-corrected chi connectivity index (χ2v) is 6.07. The van der Waals surface area contributed by atoms with E-state index in [9.17, 15) is 4.79 Å². The van der Waals surface area contributed by atoms with Crippen LogP contribution in [0.4, 0.5) is 0 Å². The minimum absolute atomic E-state index is 0.00989. The van der Waals surface area contributed by atoms with Crippen molar-refractivity contribution in [2.45, 2.75) is 20.3 Å². The van der Waals surface area contributed by atoms with E-state index in [4.69, 9.17) is 9.15 Å². The summed E-state index contributed by atoms with van der Waals surface area (Å²) in [6, 6.07) is 17.5. The van der Waals surface area contributed by atoms with Crippen LogP contribution in [0.1, 0.15) is 17.2 Å². The summed E-state index contributed by atoms with van der Waals surface area (Å²) in [6.45, 7) is 4.28. The standard InChI is InChI=1S/C21H22N2O3/c1-15-8-10-18(11-9-15)25-14-20(24)22-13-12-19-21(23-16(2)26-19)17-6-4-3-5-7-17/h3-11H,12-14H2,1-2H3,(H,22,24). The van der Waals surface area contributed by atoms with E-state index >= 15 is 0 Å². The summed E-state index contributed by atoms with van der Waals surface area (Å²) in [5, 5.41) is 2.85. The molecule has 3 rings (SSSR count). The van der Waals surface area contributed by atoms with E-state index in [-0.39, 0.29) is 12.5 Å². The molecule has 2 aromatic carbocycles. The number of hydrogen-bond donors (Lipinski definition) is 1. The Morgan fingerprint density at radius 3 is 2.54 bits per heavy atom. The third-order valence-electron chi connectivity index (χ3n) is 3.92. The highest BCUT2D eigenvalue weighted by Gasteiger charge is 2.13. The molecule has 134 valence electrons. The molecule has 0 radical (unpaired) electrons. The van der Waals surface area contributed by atoms with Gasteiger partial charge in [-0.1, -0.05) is 48.0 Å². The number of aromatic nitrogens is 1. The van der Waals surface area contributed by atoms with Gasteiger partial charge in [0.05, 0.1) is 0 Å². The quantitative estimate of drug-likeness (QED) is 0.706. The molecular formula is C21H22N2O3. The van der Waals surface area contributed by atoms with Crippen LogP contribution in [0.15, 0.2) is 59.0 Å². The van der Waals surface area contributed by atoms with Crippen molar-refractivity contribution in [2.24, 2.45) is 0 Å². The Hall–Kier alpha value is -3.08. The zero-order valence-electron chi connectivity index (χ0n) is 15.0. The SMILES string of the molecule is Cc1ccc(OCC(=O)NCCc2oc(C)nc2-c2ccccc2)cc1. The fourth-order valence-electron chi connectivity index (χ4n) is 2.61. The number of aryl methyl sites for hydroxylation is 2. The molecule has 1 aromatic heterocycles. The van der Waals surface area contributed by atoms with Gasteiger partial charge >= 0.3 is 0 Å². The van der Waals surface area contributed by atoms with Crippen molar-refractivity contribution in [3.8, 4) is 17.0 Å². The van der Waals surface area contributed by atoms with Crippen LogP contribution in [-0.2, 0) is 11.2 Å². The van der Waals surface area contributed by atoms with E-state index in [0.29, 0.717) is 24.6 Å². The van der Waals surface area contributed by atoms with Crippen LogP contribution >= 0.6 is 0 Å². The first-order valence-corrected chi connectivity index (χ1v) is 8.60. The number of oxazole rings is 1. The highest BCUT2D eigenvalue weighted by Crippen LogP contribution is 2.23. The molecule has 1 amide bonds. The molecule has 0 spiro atoms. The highest BCUT2D eigenvalue weighted by molar-refractivity contribution is 5.77. The summed E-state index contributed by atoms with van der Waals surface area (Å²) < 4.78 is 11.2. The maximum Gasteiger partial charge on any atom is 0.257 e. The summed E-state index contributed by atoms with van der Waals surface area (Å²) in [5.74, 6) is 1.91. The van der Waals surface area contributed by atoms with Crippen LogP contribution in [0.5, 0.6) is 5.75 Å². The van der Waals surface area contributed by atoms with Crippen LogP contribution < -0.4 is 10.1 Å². The molecule has 0 bridgehead atoms. The summed E-state index contributed by atoms with van der Waals surface area (Å²) in [7, 11) is 0. The number of benzene rings is 2. The van der Waals surface area contributed by atoms with Crippen LogP contribution in [0.25, 0.3) is 11.3 Å². The molecule has 0 unspecified atom stereocenters. The minimum Gasteiger partial charge on any atom is -0.484 e. The average Bonchev–Trinajstić information content (AvgIpc) is 3.02. The lowest BCUT2D eigenvalue weighted by Gasteiger charge is -2.07. The summed E-state index contributed by atoms with van der Waals surface area (Å²) >= 11 is 0. The molecule has 5 nitrogen and oxygen atoms in total. The Morgan fingerprint density at radius 1 is 1.08 bits per heavy atom.